The molecule has 0 saturated heterocycles. The van der Waals surface area contributed by atoms with Crippen LogP contribution in [0.25, 0.3) is 0 Å². The number of aromatic nitrogens is 2. The van der Waals surface area contributed by atoms with Gasteiger partial charge < -0.3 is 15.5 Å². The summed E-state index contributed by atoms with van der Waals surface area (Å²) in [6.07, 6.45) is 5.90. The molecule has 0 radical (unpaired) electrons. The summed E-state index contributed by atoms with van der Waals surface area (Å²) in [4.78, 5) is 41.4. The van der Waals surface area contributed by atoms with E-state index in [9.17, 15) is 14.4 Å². The van der Waals surface area contributed by atoms with Gasteiger partial charge in [0.05, 0.1) is 6.54 Å². The first-order chi connectivity index (χ1) is 16.3. The van der Waals surface area contributed by atoms with E-state index in [4.69, 9.17) is 0 Å². The Morgan fingerprint density at radius 3 is 2.65 bits per heavy atom. The van der Waals surface area contributed by atoms with E-state index in [0.29, 0.717) is 18.8 Å². The molecule has 2 aromatic rings. The van der Waals surface area contributed by atoms with E-state index < -0.39 is 5.54 Å². The summed E-state index contributed by atoms with van der Waals surface area (Å²) in [6, 6.07) is 9.57. The van der Waals surface area contributed by atoms with Crippen molar-refractivity contribution in [1.82, 2.24) is 25.3 Å². The Bertz CT molecular complexity index is 1070. The lowest BCUT2D eigenvalue weighted by molar-refractivity contribution is -0.133. The van der Waals surface area contributed by atoms with Crippen LogP contribution in [0, 0.1) is 6.92 Å². The van der Waals surface area contributed by atoms with Crippen LogP contribution < -0.4 is 10.6 Å². The molecule has 0 bridgehead atoms. The van der Waals surface area contributed by atoms with Gasteiger partial charge >= 0.3 is 0 Å². The topological polar surface area (TPSA) is 96.3 Å². The van der Waals surface area contributed by atoms with Crippen LogP contribution in [0.4, 0.5) is 0 Å². The summed E-state index contributed by atoms with van der Waals surface area (Å²) < 4.78 is 1.53. The maximum absolute atomic E-state index is 13.5. The van der Waals surface area contributed by atoms with Crippen molar-refractivity contribution in [3.63, 3.8) is 0 Å². The van der Waals surface area contributed by atoms with Crippen LogP contribution in [0.15, 0.2) is 30.3 Å². The van der Waals surface area contributed by atoms with E-state index in [2.05, 4.69) is 22.7 Å². The number of aryl methyl sites for hydroxylation is 1. The molecule has 1 fully saturated rings. The van der Waals surface area contributed by atoms with Crippen LogP contribution in [0.5, 0.6) is 0 Å². The molecule has 2 heterocycles. The molecule has 0 unspecified atom stereocenters. The van der Waals surface area contributed by atoms with Crippen molar-refractivity contribution in [3.05, 3.63) is 52.8 Å². The zero-order valence-corrected chi connectivity index (χ0v) is 20.4. The number of carbonyl (C=O) groups excluding carboxylic acids is 3. The molecule has 34 heavy (non-hydrogen) atoms. The molecular weight excluding hydrogens is 430 g/mol. The number of hydrogen-bond acceptors (Lipinski definition) is 4. The first-order valence-electron chi connectivity index (χ1n) is 12.4. The van der Waals surface area contributed by atoms with Crippen LogP contribution in [-0.2, 0) is 17.9 Å². The zero-order chi connectivity index (χ0) is 24.3. The van der Waals surface area contributed by atoms with Gasteiger partial charge in [-0.1, -0.05) is 50.5 Å². The number of rotatable bonds is 8. The Balaban J connectivity index is 1.55. The minimum absolute atomic E-state index is 0.143. The first kappa shape index (κ1) is 24.0. The summed E-state index contributed by atoms with van der Waals surface area (Å²) >= 11 is 0. The van der Waals surface area contributed by atoms with Gasteiger partial charge in [0.1, 0.15) is 11.2 Å². The maximum Gasteiger partial charge on any atom is 0.273 e. The molecule has 182 valence electrons. The lowest BCUT2D eigenvalue weighted by atomic mass is 9.94. The Labute approximate surface area is 201 Å². The summed E-state index contributed by atoms with van der Waals surface area (Å²) in [5, 5.41) is 10.5. The largest absolute Gasteiger partial charge is 0.351 e. The highest BCUT2D eigenvalue weighted by Crippen LogP contribution is 2.29. The van der Waals surface area contributed by atoms with Crippen molar-refractivity contribution in [3.8, 4) is 0 Å². The van der Waals surface area contributed by atoms with E-state index in [1.165, 1.54) is 4.68 Å². The smallest absolute Gasteiger partial charge is 0.273 e. The molecule has 1 saturated carbocycles. The van der Waals surface area contributed by atoms with Crippen LogP contribution in [-0.4, -0.2) is 50.5 Å². The number of carbonyl (C=O) groups is 3. The molecule has 1 aromatic carbocycles. The van der Waals surface area contributed by atoms with Gasteiger partial charge in [0.15, 0.2) is 5.69 Å². The average Bonchev–Trinajstić information content (AvgIpc) is 3.48. The van der Waals surface area contributed by atoms with Gasteiger partial charge in [0.2, 0.25) is 5.91 Å². The third kappa shape index (κ3) is 4.72. The molecule has 3 amide bonds. The highest BCUT2D eigenvalue weighted by Gasteiger charge is 2.48. The fourth-order valence-corrected chi connectivity index (χ4v) is 4.90. The van der Waals surface area contributed by atoms with Crippen LogP contribution >= 0.6 is 0 Å². The Kier molecular flexibility index (Phi) is 7.05. The van der Waals surface area contributed by atoms with Crippen molar-refractivity contribution < 1.29 is 14.4 Å². The monoisotopic (exact) mass is 465 g/mol. The molecule has 1 aliphatic heterocycles. The van der Waals surface area contributed by atoms with E-state index in [0.717, 1.165) is 49.7 Å². The van der Waals surface area contributed by atoms with Gasteiger partial charge in [-0.15, -0.1) is 0 Å². The Hall–Kier alpha value is -3.16. The van der Waals surface area contributed by atoms with Gasteiger partial charge in [-0.05, 0) is 44.2 Å². The molecule has 2 N–H and O–H groups in total. The van der Waals surface area contributed by atoms with Crippen molar-refractivity contribution in [1.29, 1.82) is 0 Å². The molecule has 8 nitrogen and oxygen atoms in total. The number of benzene rings is 1. The van der Waals surface area contributed by atoms with Crippen LogP contribution in [0.2, 0.25) is 0 Å². The zero-order valence-electron chi connectivity index (χ0n) is 20.4. The first-order valence-corrected chi connectivity index (χ1v) is 12.4. The number of nitrogens with zero attached hydrogens (tertiary/aromatic N) is 3. The number of fused-ring (bicyclic) bond motifs is 1. The van der Waals surface area contributed by atoms with Gasteiger partial charge in [0.25, 0.3) is 11.8 Å². The lowest BCUT2D eigenvalue weighted by Crippen LogP contribution is -2.65. The second-order valence-corrected chi connectivity index (χ2v) is 9.72. The summed E-state index contributed by atoms with van der Waals surface area (Å²) in [5.74, 6) is -0.736. The molecule has 0 spiro atoms. The molecular formula is C26H35N5O3. The number of hydrogen-bond donors (Lipinski definition) is 2. The van der Waals surface area contributed by atoms with Crippen molar-refractivity contribution in [2.24, 2.45) is 0 Å². The third-order valence-electron chi connectivity index (χ3n) is 7.15. The van der Waals surface area contributed by atoms with Gasteiger partial charge in [-0.25, -0.2) is 0 Å². The number of unbranched alkanes of at least 4 members (excludes halogenated alkanes) is 1. The predicted octanol–water partition coefficient (Wildman–Crippen LogP) is 3.19. The molecule has 1 aliphatic carbocycles. The van der Waals surface area contributed by atoms with E-state index in [1.54, 1.807) is 11.0 Å². The fourth-order valence-electron chi connectivity index (χ4n) is 4.90. The van der Waals surface area contributed by atoms with Crippen molar-refractivity contribution in [2.75, 3.05) is 6.54 Å². The summed E-state index contributed by atoms with van der Waals surface area (Å²) in [7, 11) is 0. The lowest BCUT2D eigenvalue weighted by Gasteiger charge is -2.43. The molecule has 1 atom stereocenters. The van der Waals surface area contributed by atoms with Gasteiger partial charge in [-0.2, -0.15) is 5.10 Å². The number of nitrogens with one attached hydrogen (secondary N) is 2. The highest BCUT2D eigenvalue weighted by molar-refractivity contribution is 6.01. The normalized spacial score (nSPS) is 20.3. The molecule has 2 aliphatic rings. The number of amides is 3. The fraction of sp³-hybridized carbons (Fsp3) is 0.538. The minimum atomic E-state index is -1.05. The minimum Gasteiger partial charge on any atom is -0.351 e. The van der Waals surface area contributed by atoms with Crippen LogP contribution in [0.1, 0.15) is 84.5 Å². The SMILES string of the molecule is CCCCN1C(=O)c2cc(C(=O)NCc3ccccc3C)nn2C[C@@]1(C)C(=O)NC1CCCC1. The highest BCUT2D eigenvalue weighted by atomic mass is 16.2. The Morgan fingerprint density at radius 2 is 1.94 bits per heavy atom. The van der Waals surface area contributed by atoms with E-state index in [-0.39, 0.29) is 36.0 Å². The van der Waals surface area contributed by atoms with Gasteiger partial charge in [0, 0.05) is 25.2 Å². The van der Waals surface area contributed by atoms with Crippen molar-refractivity contribution >= 4 is 17.7 Å². The Morgan fingerprint density at radius 1 is 1.21 bits per heavy atom. The standard InChI is InChI=1S/C26H35N5O3/c1-4-5-14-30-24(33)22-15-21(23(32)27-16-19-11-7-6-10-18(19)2)29-31(22)17-26(30,3)25(34)28-20-12-8-9-13-20/h6-7,10-11,15,20H,4-5,8-9,12-14,16-17H2,1-3H3,(H,27,32)(H,28,34)/t26-/m0/s1. The van der Waals surface area contributed by atoms with Gasteiger partial charge in [-0.3, -0.25) is 19.1 Å². The van der Waals surface area contributed by atoms with E-state index in [1.807, 2.05) is 38.1 Å². The quantitative estimate of drug-likeness (QED) is 0.626. The summed E-state index contributed by atoms with van der Waals surface area (Å²) in [6.45, 7) is 6.97. The molecule has 1 aromatic heterocycles. The predicted molar refractivity (Wildman–Crippen MR) is 129 cm³/mol. The van der Waals surface area contributed by atoms with Crippen molar-refractivity contribution in [2.45, 2.75) is 84.0 Å². The van der Waals surface area contributed by atoms with E-state index >= 15 is 0 Å². The summed E-state index contributed by atoms with van der Waals surface area (Å²) in [5.41, 5.74) is 1.61. The van der Waals surface area contributed by atoms with Crippen LogP contribution in [0.3, 0.4) is 0 Å². The second-order valence-electron chi connectivity index (χ2n) is 9.72. The third-order valence-corrected chi connectivity index (χ3v) is 7.15. The maximum atomic E-state index is 13.5. The average molecular weight is 466 g/mol. The second kappa shape index (κ2) is 9.99. The molecule has 4 rings (SSSR count). The molecule has 8 heteroatoms.